The standard InChI is InChI=1S/C14H20INO2S/c1-10(2)19(17,18)16-14-5-3-4-13(14)11-6-8-12(15)9-7-11/h6-10,13-14,16H,3-5H2,1-2H3/t13-,14-/m0/s1. The van der Waals surface area contributed by atoms with Crippen molar-refractivity contribution in [1.29, 1.82) is 0 Å². The molecular formula is C14H20INO2S. The summed E-state index contributed by atoms with van der Waals surface area (Å²) in [6.07, 6.45) is 3.08. The monoisotopic (exact) mass is 393 g/mol. The molecule has 3 nitrogen and oxygen atoms in total. The second kappa shape index (κ2) is 6.10. The molecule has 1 aromatic rings. The van der Waals surface area contributed by atoms with Crippen LogP contribution >= 0.6 is 22.6 Å². The quantitative estimate of drug-likeness (QED) is 0.799. The van der Waals surface area contributed by atoms with Gasteiger partial charge in [-0.1, -0.05) is 18.6 Å². The van der Waals surface area contributed by atoms with Crippen molar-refractivity contribution in [2.24, 2.45) is 0 Å². The van der Waals surface area contributed by atoms with E-state index in [-0.39, 0.29) is 11.3 Å². The molecule has 1 aromatic carbocycles. The molecule has 1 saturated carbocycles. The molecule has 0 aromatic heterocycles. The Morgan fingerprint density at radius 3 is 2.42 bits per heavy atom. The molecule has 1 aliphatic rings. The molecule has 2 atom stereocenters. The second-order valence-corrected chi connectivity index (χ2v) is 8.92. The minimum Gasteiger partial charge on any atom is -0.212 e. The summed E-state index contributed by atoms with van der Waals surface area (Å²) in [5, 5.41) is -0.370. The van der Waals surface area contributed by atoms with Gasteiger partial charge >= 0.3 is 0 Å². The number of sulfonamides is 1. The van der Waals surface area contributed by atoms with Crippen LogP contribution in [0.4, 0.5) is 0 Å². The van der Waals surface area contributed by atoms with Gasteiger partial charge in [0.25, 0.3) is 0 Å². The van der Waals surface area contributed by atoms with Crippen molar-refractivity contribution in [3.63, 3.8) is 0 Å². The SMILES string of the molecule is CC(C)S(=O)(=O)N[C@H]1CCC[C@H]1c1ccc(I)cc1. The van der Waals surface area contributed by atoms with Crippen LogP contribution in [0.25, 0.3) is 0 Å². The van der Waals surface area contributed by atoms with Gasteiger partial charge in [-0.05, 0) is 67.0 Å². The highest BCUT2D eigenvalue weighted by atomic mass is 127. The largest absolute Gasteiger partial charge is 0.214 e. The lowest BCUT2D eigenvalue weighted by Crippen LogP contribution is -2.40. The Morgan fingerprint density at radius 2 is 1.84 bits per heavy atom. The zero-order chi connectivity index (χ0) is 14.0. The lowest BCUT2D eigenvalue weighted by Gasteiger charge is -2.22. The zero-order valence-electron chi connectivity index (χ0n) is 11.3. The van der Waals surface area contributed by atoms with E-state index in [1.807, 2.05) is 0 Å². The summed E-state index contributed by atoms with van der Waals surface area (Å²) in [5.74, 6) is 0.311. The molecule has 19 heavy (non-hydrogen) atoms. The topological polar surface area (TPSA) is 46.2 Å². The average molecular weight is 393 g/mol. The molecule has 0 radical (unpaired) electrons. The fraction of sp³-hybridized carbons (Fsp3) is 0.571. The van der Waals surface area contributed by atoms with Crippen LogP contribution in [0.3, 0.4) is 0 Å². The first-order valence-corrected chi connectivity index (χ1v) is 9.29. The summed E-state index contributed by atoms with van der Waals surface area (Å²) in [7, 11) is -3.18. The van der Waals surface area contributed by atoms with E-state index >= 15 is 0 Å². The highest BCUT2D eigenvalue weighted by molar-refractivity contribution is 14.1. The summed E-state index contributed by atoms with van der Waals surface area (Å²) in [4.78, 5) is 0. The average Bonchev–Trinajstić information content (AvgIpc) is 2.77. The lowest BCUT2D eigenvalue weighted by atomic mass is 9.95. The van der Waals surface area contributed by atoms with E-state index in [9.17, 15) is 8.42 Å². The third-order valence-corrected chi connectivity index (χ3v) is 6.34. The zero-order valence-corrected chi connectivity index (χ0v) is 14.2. The van der Waals surface area contributed by atoms with E-state index in [1.165, 1.54) is 9.13 Å². The van der Waals surface area contributed by atoms with Crippen LogP contribution in [0, 0.1) is 3.57 Å². The van der Waals surface area contributed by atoms with Gasteiger partial charge < -0.3 is 0 Å². The van der Waals surface area contributed by atoms with Crippen LogP contribution in [0.15, 0.2) is 24.3 Å². The highest BCUT2D eigenvalue weighted by Gasteiger charge is 2.32. The summed E-state index contributed by atoms with van der Waals surface area (Å²) >= 11 is 2.28. The van der Waals surface area contributed by atoms with Crippen molar-refractivity contribution in [2.45, 2.75) is 50.3 Å². The van der Waals surface area contributed by atoms with Crippen LogP contribution in [-0.2, 0) is 10.0 Å². The maximum absolute atomic E-state index is 12.0. The molecule has 5 heteroatoms. The van der Waals surface area contributed by atoms with Crippen molar-refractivity contribution in [3.05, 3.63) is 33.4 Å². The first-order valence-electron chi connectivity index (χ1n) is 6.67. The van der Waals surface area contributed by atoms with Crippen molar-refractivity contribution in [1.82, 2.24) is 4.72 Å². The van der Waals surface area contributed by atoms with E-state index < -0.39 is 10.0 Å². The van der Waals surface area contributed by atoms with Crippen LogP contribution in [0.1, 0.15) is 44.6 Å². The van der Waals surface area contributed by atoms with Crippen LogP contribution < -0.4 is 4.72 Å². The van der Waals surface area contributed by atoms with Crippen molar-refractivity contribution < 1.29 is 8.42 Å². The molecule has 1 fully saturated rings. The normalized spacial score (nSPS) is 24.0. The molecular weight excluding hydrogens is 373 g/mol. The van der Waals surface area contributed by atoms with Gasteiger partial charge in [-0.25, -0.2) is 13.1 Å². The Kier molecular flexibility index (Phi) is 4.89. The maximum Gasteiger partial charge on any atom is 0.214 e. The van der Waals surface area contributed by atoms with Crippen molar-refractivity contribution in [2.75, 3.05) is 0 Å². The highest BCUT2D eigenvalue weighted by Crippen LogP contribution is 2.35. The minimum absolute atomic E-state index is 0.0486. The van der Waals surface area contributed by atoms with Crippen LogP contribution in [-0.4, -0.2) is 19.7 Å². The molecule has 1 N–H and O–H groups in total. The molecule has 106 valence electrons. The summed E-state index contributed by atoms with van der Waals surface area (Å²) in [5.41, 5.74) is 1.24. The van der Waals surface area contributed by atoms with Gasteiger partial charge in [-0.2, -0.15) is 0 Å². The molecule has 2 rings (SSSR count). The number of rotatable bonds is 4. The van der Waals surface area contributed by atoms with Crippen molar-refractivity contribution >= 4 is 32.6 Å². The van der Waals surface area contributed by atoms with E-state index in [1.54, 1.807) is 13.8 Å². The van der Waals surface area contributed by atoms with E-state index in [2.05, 4.69) is 51.6 Å². The predicted molar refractivity (Wildman–Crippen MR) is 86.7 cm³/mol. The maximum atomic E-state index is 12.0. The number of benzene rings is 1. The van der Waals surface area contributed by atoms with Gasteiger partial charge in [-0.3, -0.25) is 0 Å². The van der Waals surface area contributed by atoms with E-state index in [0.29, 0.717) is 5.92 Å². The van der Waals surface area contributed by atoms with Gasteiger partial charge in [0, 0.05) is 15.5 Å². The Balaban J connectivity index is 2.15. The molecule has 0 unspecified atom stereocenters. The summed E-state index contributed by atoms with van der Waals surface area (Å²) < 4.78 is 28.1. The van der Waals surface area contributed by atoms with Gasteiger partial charge in [0.15, 0.2) is 0 Å². The first kappa shape index (κ1) is 15.3. The number of hydrogen-bond acceptors (Lipinski definition) is 2. The number of halogens is 1. The molecule has 0 bridgehead atoms. The lowest BCUT2D eigenvalue weighted by molar-refractivity contribution is 0.519. The molecule has 0 heterocycles. The Labute approximate surface area is 129 Å². The first-order chi connectivity index (χ1) is 8.90. The Morgan fingerprint density at radius 1 is 1.21 bits per heavy atom. The molecule has 0 amide bonds. The van der Waals surface area contributed by atoms with Crippen molar-refractivity contribution in [3.8, 4) is 0 Å². The summed E-state index contributed by atoms with van der Waals surface area (Å²) in [6, 6.07) is 8.46. The molecule has 1 aliphatic carbocycles. The van der Waals surface area contributed by atoms with Gasteiger partial charge in [0.05, 0.1) is 5.25 Å². The fourth-order valence-electron chi connectivity index (χ4n) is 2.56. The van der Waals surface area contributed by atoms with Gasteiger partial charge in [0.2, 0.25) is 10.0 Å². The van der Waals surface area contributed by atoms with Gasteiger partial charge in [-0.15, -0.1) is 0 Å². The van der Waals surface area contributed by atoms with E-state index in [0.717, 1.165) is 19.3 Å². The third-order valence-electron chi connectivity index (χ3n) is 3.75. The van der Waals surface area contributed by atoms with Crippen LogP contribution in [0.5, 0.6) is 0 Å². The van der Waals surface area contributed by atoms with Gasteiger partial charge in [0.1, 0.15) is 0 Å². The van der Waals surface area contributed by atoms with Crippen LogP contribution in [0.2, 0.25) is 0 Å². The predicted octanol–water partition coefficient (Wildman–Crippen LogP) is 3.26. The molecule has 0 spiro atoms. The van der Waals surface area contributed by atoms with E-state index in [4.69, 9.17) is 0 Å². The third kappa shape index (κ3) is 3.70. The second-order valence-electron chi connectivity index (χ2n) is 5.41. The number of nitrogens with one attached hydrogen (secondary N) is 1. The molecule has 0 aliphatic heterocycles. The number of hydrogen-bond donors (Lipinski definition) is 1. The fourth-order valence-corrected chi connectivity index (χ4v) is 3.89. The Bertz CT molecular complexity index is 525. The smallest absolute Gasteiger partial charge is 0.212 e. The Hall–Kier alpha value is -0.140. The summed E-state index contributed by atoms with van der Waals surface area (Å²) in [6.45, 7) is 3.44. The molecule has 0 saturated heterocycles. The minimum atomic E-state index is -3.18.